The van der Waals surface area contributed by atoms with E-state index in [0.717, 1.165) is 24.1 Å². The maximum absolute atomic E-state index is 12.8. The van der Waals surface area contributed by atoms with E-state index in [-0.39, 0.29) is 17.7 Å². The average Bonchev–Trinajstić information content (AvgIpc) is 3.44. The van der Waals surface area contributed by atoms with Crippen LogP contribution in [0.1, 0.15) is 37.7 Å². The van der Waals surface area contributed by atoms with Gasteiger partial charge in [-0.1, -0.05) is 25.0 Å². The van der Waals surface area contributed by atoms with E-state index in [0.29, 0.717) is 31.4 Å². The number of amides is 2. The summed E-state index contributed by atoms with van der Waals surface area (Å²) in [5.74, 6) is 0.402. The van der Waals surface area contributed by atoms with E-state index in [9.17, 15) is 9.59 Å². The van der Waals surface area contributed by atoms with E-state index in [1.165, 1.54) is 12.8 Å². The van der Waals surface area contributed by atoms with Gasteiger partial charge in [0.2, 0.25) is 11.8 Å². The zero-order valence-corrected chi connectivity index (χ0v) is 17.2. The topological polar surface area (TPSA) is 70.5 Å². The fourth-order valence-electron chi connectivity index (χ4n) is 4.34. The molecule has 0 spiro atoms. The monoisotopic (exact) mass is 395 g/mol. The zero-order chi connectivity index (χ0) is 20.4. The molecule has 2 aromatic rings. The van der Waals surface area contributed by atoms with Gasteiger partial charge in [0, 0.05) is 44.9 Å². The van der Waals surface area contributed by atoms with Crippen LogP contribution in [0.4, 0.5) is 11.5 Å². The van der Waals surface area contributed by atoms with Crippen molar-refractivity contribution in [1.29, 1.82) is 0 Å². The summed E-state index contributed by atoms with van der Waals surface area (Å²) in [6, 6.07) is 10.4. The Kier molecular flexibility index (Phi) is 5.56. The Hall–Kier alpha value is -2.83. The van der Waals surface area contributed by atoms with Crippen molar-refractivity contribution in [3.8, 4) is 0 Å². The fourth-order valence-corrected chi connectivity index (χ4v) is 4.34. The molecule has 1 N–H and O–H groups in total. The summed E-state index contributed by atoms with van der Waals surface area (Å²) in [5.41, 5.74) is 2.25. The minimum absolute atomic E-state index is 0.0939. The zero-order valence-electron chi connectivity index (χ0n) is 17.2. The number of benzene rings is 1. The minimum Gasteiger partial charge on any atom is -0.378 e. The molecule has 7 heteroatoms. The van der Waals surface area contributed by atoms with Gasteiger partial charge in [-0.05, 0) is 30.5 Å². The van der Waals surface area contributed by atoms with Crippen molar-refractivity contribution in [1.82, 2.24) is 14.7 Å². The minimum atomic E-state index is -0.286. The summed E-state index contributed by atoms with van der Waals surface area (Å²) in [6.45, 7) is 1.11. The molecule has 7 nitrogen and oxygen atoms in total. The lowest BCUT2D eigenvalue weighted by Crippen LogP contribution is -2.35. The number of carbonyl (C=O) groups is 2. The van der Waals surface area contributed by atoms with Crippen molar-refractivity contribution in [3.63, 3.8) is 0 Å². The Balaban J connectivity index is 1.38. The van der Waals surface area contributed by atoms with Crippen molar-refractivity contribution in [2.24, 2.45) is 5.92 Å². The molecular weight excluding hydrogens is 366 g/mol. The molecule has 1 aliphatic heterocycles. The van der Waals surface area contributed by atoms with E-state index in [2.05, 4.69) is 39.6 Å². The van der Waals surface area contributed by atoms with E-state index in [1.54, 1.807) is 16.9 Å². The second kappa shape index (κ2) is 8.27. The lowest BCUT2D eigenvalue weighted by Gasteiger charge is -2.23. The number of nitrogens with zero attached hydrogens (tertiary/aromatic N) is 4. The highest BCUT2D eigenvalue weighted by Crippen LogP contribution is 2.30. The standard InChI is InChI=1S/C22H29N5O2/c1-25(2)18-9-7-16(8-10-18)14-27-20(11-12-23-27)24-22(29)17-13-21(28)26(15-17)19-5-3-4-6-19/h7-12,17,19H,3-6,13-15H2,1-2H3,(H,24,29). The van der Waals surface area contributed by atoms with Gasteiger partial charge < -0.3 is 15.1 Å². The van der Waals surface area contributed by atoms with Gasteiger partial charge in [-0.2, -0.15) is 5.10 Å². The van der Waals surface area contributed by atoms with Crippen LogP contribution in [0.2, 0.25) is 0 Å². The average molecular weight is 396 g/mol. The van der Waals surface area contributed by atoms with Crippen molar-refractivity contribution in [3.05, 3.63) is 42.1 Å². The summed E-state index contributed by atoms with van der Waals surface area (Å²) >= 11 is 0. The van der Waals surface area contributed by atoms with Crippen molar-refractivity contribution < 1.29 is 9.59 Å². The van der Waals surface area contributed by atoms with Gasteiger partial charge in [0.05, 0.1) is 18.7 Å². The maximum atomic E-state index is 12.8. The number of nitrogens with one attached hydrogen (secondary N) is 1. The summed E-state index contributed by atoms with van der Waals surface area (Å²) in [7, 11) is 4.02. The molecular formula is C22H29N5O2. The van der Waals surface area contributed by atoms with Gasteiger partial charge in [-0.3, -0.25) is 9.59 Å². The molecule has 1 saturated carbocycles. The number of carbonyl (C=O) groups excluding carboxylic acids is 2. The van der Waals surface area contributed by atoms with Crippen LogP contribution in [0.3, 0.4) is 0 Å². The van der Waals surface area contributed by atoms with Crippen molar-refractivity contribution in [2.75, 3.05) is 30.9 Å². The first-order chi connectivity index (χ1) is 14.0. The van der Waals surface area contributed by atoms with Crippen LogP contribution in [-0.2, 0) is 16.1 Å². The Morgan fingerprint density at radius 1 is 1.17 bits per heavy atom. The lowest BCUT2D eigenvalue weighted by molar-refractivity contribution is -0.129. The predicted molar refractivity (Wildman–Crippen MR) is 113 cm³/mol. The van der Waals surface area contributed by atoms with Gasteiger partial charge in [0.25, 0.3) is 0 Å². The highest BCUT2D eigenvalue weighted by Gasteiger charge is 2.38. The first kappa shape index (κ1) is 19.5. The molecule has 2 heterocycles. The van der Waals surface area contributed by atoms with Crippen LogP contribution in [0.25, 0.3) is 0 Å². The SMILES string of the molecule is CN(C)c1ccc(Cn2nccc2NC(=O)C2CC(=O)N(C3CCCC3)C2)cc1. The Bertz CT molecular complexity index is 868. The van der Waals surface area contributed by atoms with Crippen LogP contribution in [0.5, 0.6) is 0 Å². The summed E-state index contributed by atoms with van der Waals surface area (Å²) < 4.78 is 1.79. The van der Waals surface area contributed by atoms with Gasteiger partial charge >= 0.3 is 0 Å². The van der Waals surface area contributed by atoms with Crippen LogP contribution >= 0.6 is 0 Å². The third-order valence-electron chi connectivity index (χ3n) is 6.05. The van der Waals surface area contributed by atoms with E-state index in [1.807, 2.05) is 19.0 Å². The van der Waals surface area contributed by atoms with Gasteiger partial charge in [0.1, 0.15) is 5.82 Å². The molecule has 1 saturated heterocycles. The Labute approximate surface area is 171 Å². The van der Waals surface area contributed by atoms with E-state index < -0.39 is 0 Å². The quantitative estimate of drug-likeness (QED) is 0.816. The molecule has 2 aliphatic rings. The molecule has 1 aliphatic carbocycles. The smallest absolute Gasteiger partial charge is 0.230 e. The predicted octanol–water partition coefficient (Wildman–Crippen LogP) is 2.73. The molecule has 0 bridgehead atoms. The fraction of sp³-hybridized carbons (Fsp3) is 0.500. The molecule has 154 valence electrons. The van der Waals surface area contributed by atoms with Crippen molar-refractivity contribution >= 4 is 23.3 Å². The Morgan fingerprint density at radius 2 is 1.90 bits per heavy atom. The number of anilines is 2. The largest absolute Gasteiger partial charge is 0.378 e. The normalized spacial score (nSPS) is 19.7. The molecule has 1 atom stereocenters. The molecule has 2 amide bonds. The summed E-state index contributed by atoms with van der Waals surface area (Å²) in [4.78, 5) is 29.2. The molecule has 2 fully saturated rings. The van der Waals surface area contributed by atoms with Gasteiger partial charge in [0.15, 0.2) is 0 Å². The van der Waals surface area contributed by atoms with Crippen LogP contribution in [-0.4, -0.2) is 53.2 Å². The van der Waals surface area contributed by atoms with E-state index >= 15 is 0 Å². The van der Waals surface area contributed by atoms with E-state index in [4.69, 9.17) is 0 Å². The molecule has 0 radical (unpaired) electrons. The number of rotatable bonds is 6. The van der Waals surface area contributed by atoms with Gasteiger partial charge in [-0.15, -0.1) is 0 Å². The number of likely N-dealkylation sites (tertiary alicyclic amines) is 1. The number of hydrogen-bond donors (Lipinski definition) is 1. The lowest BCUT2D eigenvalue weighted by atomic mass is 10.1. The highest BCUT2D eigenvalue weighted by molar-refractivity contribution is 5.96. The molecule has 1 aromatic carbocycles. The maximum Gasteiger partial charge on any atom is 0.230 e. The first-order valence-electron chi connectivity index (χ1n) is 10.4. The van der Waals surface area contributed by atoms with Crippen molar-refractivity contribution in [2.45, 2.75) is 44.7 Å². The second-order valence-corrected chi connectivity index (χ2v) is 8.31. The molecule has 29 heavy (non-hydrogen) atoms. The third kappa shape index (κ3) is 4.28. The van der Waals surface area contributed by atoms with Crippen LogP contribution in [0, 0.1) is 5.92 Å². The third-order valence-corrected chi connectivity index (χ3v) is 6.05. The Morgan fingerprint density at radius 3 is 2.59 bits per heavy atom. The molecule has 1 aromatic heterocycles. The van der Waals surface area contributed by atoms with Crippen LogP contribution < -0.4 is 10.2 Å². The second-order valence-electron chi connectivity index (χ2n) is 8.31. The number of aromatic nitrogens is 2. The summed E-state index contributed by atoms with van der Waals surface area (Å²) in [5, 5.41) is 7.34. The first-order valence-corrected chi connectivity index (χ1v) is 10.4. The number of hydrogen-bond acceptors (Lipinski definition) is 4. The van der Waals surface area contributed by atoms with Crippen LogP contribution in [0.15, 0.2) is 36.5 Å². The highest BCUT2D eigenvalue weighted by atomic mass is 16.2. The molecule has 1 unspecified atom stereocenters. The summed E-state index contributed by atoms with van der Waals surface area (Å²) in [6.07, 6.45) is 6.50. The van der Waals surface area contributed by atoms with Gasteiger partial charge in [-0.25, -0.2) is 4.68 Å². The molecule has 4 rings (SSSR count).